The molecule has 0 saturated heterocycles. The van der Waals surface area contributed by atoms with Gasteiger partial charge >= 0.3 is 0 Å². The predicted octanol–water partition coefficient (Wildman–Crippen LogP) is 2.32. The van der Waals surface area contributed by atoms with Crippen LogP contribution in [0.4, 0.5) is 5.69 Å². The second kappa shape index (κ2) is 6.28. The first-order valence-corrected chi connectivity index (χ1v) is 5.44. The Morgan fingerprint density at radius 1 is 1.25 bits per heavy atom. The van der Waals surface area contributed by atoms with Gasteiger partial charge in [0.15, 0.2) is 5.78 Å². The van der Waals surface area contributed by atoms with E-state index in [1.54, 1.807) is 0 Å². The fraction of sp³-hybridized carbons (Fsp3) is 0.462. The number of aryl methyl sites for hydroxylation is 2. The lowest BCUT2D eigenvalue weighted by Crippen LogP contribution is -2.12. The molecule has 0 spiro atoms. The van der Waals surface area contributed by atoms with E-state index in [-0.39, 0.29) is 12.4 Å². The summed E-state index contributed by atoms with van der Waals surface area (Å²) in [7, 11) is 1.54. The highest BCUT2D eigenvalue weighted by atomic mass is 16.5. The molecule has 3 nitrogen and oxygen atoms in total. The van der Waals surface area contributed by atoms with E-state index < -0.39 is 0 Å². The third-order valence-corrected chi connectivity index (χ3v) is 2.26. The average molecular weight is 221 g/mol. The van der Waals surface area contributed by atoms with Crippen LogP contribution in [0.15, 0.2) is 18.2 Å². The molecular weight excluding hydrogens is 202 g/mol. The molecule has 0 saturated carbocycles. The van der Waals surface area contributed by atoms with Crippen molar-refractivity contribution < 1.29 is 9.53 Å². The molecule has 1 N–H and O–H groups in total. The zero-order valence-corrected chi connectivity index (χ0v) is 10.2. The van der Waals surface area contributed by atoms with Gasteiger partial charge in [-0.1, -0.05) is 6.07 Å². The van der Waals surface area contributed by atoms with Gasteiger partial charge in [-0.3, -0.25) is 4.79 Å². The minimum atomic E-state index is 0.124. The quantitative estimate of drug-likeness (QED) is 0.801. The molecule has 0 aliphatic carbocycles. The molecule has 16 heavy (non-hydrogen) atoms. The fourth-order valence-electron chi connectivity index (χ4n) is 1.66. The molecule has 0 aromatic heterocycles. The van der Waals surface area contributed by atoms with Crippen LogP contribution >= 0.6 is 0 Å². The van der Waals surface area contributed by atoms with Gasteiger partial charge in [-0.2, -0.15) is 0 Å². The monoisotopic (exact) mass is 221 g/mol. The summed E-state index contributed by atoms with van der Waals surface area (Å²) in [5.74, 6) is 0.124. The Bertz CT molecular complexity index is 341. The Morgan fingerprint density at radius 2 is 1.88 bits per heavy atom. The summed E-state index contributed by atoms with van der Waals surface area (Å²) in [5.41, 5.74) is 3.53. The Kier molecular flexibility index (Phi) is 4.99. The van der Waals surface area contributed by atoms with Gasteiger partial charge in [0, 0.05) is 25.8 Å². The van der Waals surface area contributed by atoms with Crippen molar-refractivity contribution in [3.05, 3.63) is 29.3 Å². The number of hydrogen-bond acceptors (Lipinski definition) is 3. The van der Waals surface area contributed by atoms with Crippen molar-refractivity contribution in [3.8, 4) is 0 Å². The van der Waals surface area contributed by atoms with Gasteiger partial charge in [-0.25, -0.2) is 0 Å². The van der Waals surface area contributed by atoms with Gasteiger partial charge in [-0.05, 0) is 37.1 Å². The smallest absolute Gasteiger partial charge is 0.160 e. The molecule has 1 aromatic rings. The predicted molar refractivity (Wildman–Crippen MR) is 65.9 cm³/mol. The molecule has 0 unspecified atom stereocenters. The number of hydrogen-bond donors (Lipinski definition) is 1. The lowest BCUT2D eigenvalue weighted by molar-refractivity contribution is -0.122. The number of carbonyl (C=O) groups is 1. The van der Waals surface area contributed by atoms with E-state index in [1.165, 1.54) is 18.2 Å². The minimum absolute atomic E-state index is 0.124. The van der Waals surface area contributed by atoms with Crippen molar-refractivity contribution in [2.45, 2.75) is 20.3 Å². The van der Waals surface area contributed by atoms with Crippen molar-refractivity contribution in [2.24, 2.45) is 0 Å². The standard InChI is InChI=1S/C13H19NO2/c1-10-6-11(2)8-12(7-10)14-5-4-13(15)9-16-3/h6-8,14H,4-5,9H2,1-3H3. The van der Waals surface area contributed by atoms with Crippen LogP contribution in [-0.4, -0.2) is 26.0 Å². The molecule has 0 aliphatic rings. The van der Waals surface area contributed by atoms with Crippen molar-refractivity contribution in [3.63, 3.8) is 0 Å². The summed E-state index contributed by atoms with van der Waals surface area (Å²) in [6.45, 7) is 4.99. The van der Waals surface area contributed by atoms with Crippen LogP contribution in [0.2, 0.25) is 0 Å². The first-order chi connectivity index (χ1) is 7.61. The first kappa shape index (κ1) is 12.7. The zero-order valence-electron chi connectivity index (χ0n) is 10.2. The van der Waals surface area contributed by atoms with Crippen molar-refractivity contribution in [2.75, 3.05) is 25.6 Å². The molecule has 0 heterocycles. The van der Waals surface area contributed by atoms with Crippen LogP contribution in [-0.2, 0) is 9.53 Å². The lowest BCUT2D eigenvalue weighted by atomic mass is 10.1. The summed E-state index contributed by atoms with van der Waals surface area (Å²) in [4.78, 5) is 11.2. The van der Waals surface area contributed by atoms with Crippen LogP contribution in [0.25, 0.3) is 0 Å². The maximum absolute atomic E-state index is 11.2. The summed E-state index contributed by atoms with van der Waals surface area (Å²) in [5, 5.41) is 3.24. The highest BCUT2D eigenvalue weighted by Crippen LogP contribution is 2.13. The fourth-order valence-corrected chi connectivity index (χ4v) is 1.66. The van der Waals surface area contributed by atoms with Crippen LogP contribution in [0.5, 0.6) is 0 Å². The van der Waals surface area contributed by atoms with Crippen LogP contribution < -0.4 is 5.32 Å². The molecule has 1 aromatic carbocycles. The number of carbonyl (C=O) groups excluding carboxylic acids is 1. The maximum atomic E-state index is 11.2. The topological polar surface area (TPSA) is 38.3 Å². The number of rotatable bonds is 6. The van der Waals surface area contributed by atoms with Crippen LogP contribution in [0, 0.1) is 13.8 Å². The molecule has 0 radical (unpaired) electrons. The van der Waals surface area contributed by atoms with Gasteiger partial charge in [0.1, 0.15) is 6.61 Å². The summed E-state index contributed by atoms with van der Waals surface area (Å²) >= 11 is 0. The molecule has 0 aliphatic heterocycles. The highest BCUT2D eigenvalue weighted by molar-refractivity contribution is 5.80. The van der Waals surface area contributed by atoms with E-state index in [0.717, 1.165) is 5.69 Å². The van der Waals surface area contributed by atoms with Crippen LogP contribution in [0.1, 0.15) is 17.5 Å². The maximum Gasteiger partial charge on any atom is 0.160 e. The molecule has 0 atom stereocenters. The number of benzene rings is 1. The first-order valence-electron chi connectivity index (χ1n) is 5.44. The van der Waals surface area contributed by atoms with E-state index in [1.807, 2.05) is 0 Å². The average Bonchev–Trinajstić information content (AvgIpc) is 2.16. The number of nitrogens with one attached hydrogen (secondary N) is 1. The van der Waals surface area contributed by atoms with E-state index in [0.29, 0.717) is 13.0 Å². The van der Waals surface area contributed by atoms with Gasteiger partial charge in [0.2, 0.25) is 0 Å². The van der Waals surface area contributed by atoms with E-state index >= 15 is 0 Å². The number of anilines is 1. The number of Topliss-reactive ketones (excluding diaryl/α,β-unsaturated/α-hetero) is 1. The Hall–Kier alpha value is -1.35. The normalized spacial score (nSPS) is 10.2. The molecule has 0 bridgehead atoms. The van der Waals surface area contributed by atoms with Gasteiger partial charge < -0.3 is 10.1 Å². The molecule has 3 heteroatoms. The molecule has 88 valence electrons. The van der Waals surface area contributed by atoms with Crippen molar-refractivity contribution in [1.82, 2.24) is 0 Å². The third-order valence-electron chi connectivity index (χ3n) is 2.26. The Morgan fingerprint density at radius 3 is 2.44 bits per heavy atom. The molecule has 0 fully saturated rings. The number of ketones is 1. The van der Waals surface area contributed by atoms with Gasteiger partial charge in [0.25, 0.3) is 0 Å². The van der Waals surface area contributed by atoms with Gasteiger partial charge in [0.05, 0.1) is 0 Å². The largest absolute Gasteiger partial charge is 0.385 e. The highest BCUT2D eigenvalue weighted by Gasteiger charge is 2.00. The molecule has 0 amide bonds. The zero-order chi connectivity index (χ0) is 12.0. The van der Waals surface area contributed by atoms with Crippen LogP contribution in [0.3, 0.4) is 0 Å². The second-order valence-electron chi connectivity index (χ2n) is 4.02. The lowest BCUT2D eigenvalue weighted by Gasteiger charge is -2.08. The van der Waals surface area contributed by atoms with E-state index in [4.69, 9.17) is 4.74 Å². The van der Waals surface area contributed by atoms with Crippen molar-refractivity contribution >= 4 is 11.5 Å². The van der Waals surface area contributed by atoms with Crippen molar-refractivity contribution in [1.29, 1.82) is 0 Å². The summed E-state index contributed by atoms with van der Waals surface area (Å²) < 4.78 is 4.77. The SMILES string of the molecule is COCC(=O)CCNc1cc(C)cc(C)c1. The summed E-state index contributed by atoms with van der Waals surface area (Å²) in [6.07, 6.45) is 0.501. The molecule has 1 rings (SSSR count). The summed E-state index contributed by atoms with van der Waals surface area (Å²) in [6, 6.07) is 6.28. The Labute approximate surface area is 96.8 Å². The second-order valence-corrected chi connectivity index (χ2v) is 4.02. The van der Waals surface area contributed by atoms with E-state index in [9.17, 15) is 4.79 Å². The van der Waals surface area contributed by atoms with E-state index in [2.05, 4.69) is 37.4 Å². The minimum Gasteiger partial charge on any atom is -0.385 e. The number of methoxy groups -OCH3 is 1. The molecular formula is C13H19NO2. The Balaban J connectivity index is 2.40. The number of ether oxygens (including phenoxy) is 1. The van der Waals surface area contributed by atoms with Gasteiger partial charge in [-0.15, -0.1) is 0 Å². The third kappa shape index (κ3) is 4.45.